The van der Waals surface area contributed by atoms with E-state index in [2.05, 4.69) is 20.8 Å². The maximum atomic E-state index is 12.2. The van der Waals surface area contributed by atoms with Gasteiger partial charge in [0.25, 0.3) is 0 Å². The molecule has 10 heteroatoms. The van der Waals surface area contributed by atoms with Gasteiger partial charge in [-0.2, -0.15) is 0 Å². The Morgan fingerprint density at radius 3 is 1.71 bits per heavy atom. The summed E-state index contributed by atoms with van der Waals surface area (Å²) in [5.41, 5.74) is 1.33. The van der Waals surface area contributed by atoms with Crippen molar-refractivity contribution in [3.8, 4) is 12.3 Å². The van der Waals surface area contributed by atoms with Gasteiger partial charge in [0.2, 0.25) is 0 Å². The minimum Gasteiger partial charge on any atom is -0.449 e. The Morgan fingerprint density at radius 2 is 1.32 bits per heavy atom. The smallest absolute Gasteiger partial charge is 0.415 e. The summed E-state index contributed by atoms with van der Waals surface area (Å²) < 4.78 is 16.2. The van der Waals surface area contributed by atoms with E-state index >= 15 is 0 Å². The monoisotopic (exact) mass is 702 g/mol. The van der Waals surface area contributed by atoms with Crippen molar-refractivity contribution in [1.29, 1.82) is 5.26 Å². The van der Waals surface area contributed by atoms with Crippen LogP contribution in [0.15, 0.2) is 24.3 Å². The molecule has 0 spiro atoms. The van der Waals surface area contributed by atoms with Crippen LogP contribution >= 0.6 is 0 Å². The van der Waals surface area contributed by atoms with Gasteiger partial charge in [-0.25, -0.2) is 14.9 Å². The Balaban J connectivity index is -0.000000406. The maximum absolute atomic E-state index is 12.2. The van der Waals surface area contributed by atoms with Crippen LogP contribution in [0.1, 0.15) is 48.5 Å². The number of carbonyl (C=O) groups is 2. The van der Waals surface area contributed by atoms with E-state index in [1.165, 1.54) is 15.4 Å². The van der Waals surface area contributed by atoms with Crippen LogP contribution in [0.2, 0.25) is 0 Å². The minimum atomic E-state index is -0.458. The van der Waals surface area contributed by atoms with Crippen LogP contribution < -0.4 is 4.74 Å². The van der Waals surface area contributed by atoms with Gasteiger partial charge < -0.3 is 26.7 Å². The third-order valence-corrected chi connectivity index (χ3v) is 3.89. The molecule has 0 unspecified atom stereocenters. The molecule has 0 aromatic heterocycles. The van der Waals surface area contributed by atoms with E-state index in [0.717, 1.165) is 13.0 Å². The van der Waals surface area contributed by atoms with Gasteiger partial charge in [0.1, 0.15) is 5.75 Å². The quantitative estimate of drug-likeness (QED) is 0.371. The first kappa shape index (κ1) is 41.7. The Kier molecular flexibility index (Phi) is 26.5. The summed E-state index contributed by atoms with van der Waals surface area (Å²) >= 11 is 0. The van der Waals surface area contributed by atoms with Gasteiger partial charge in [0.05, 0.1) is 6.61 Å². The third-order valence-electron chi connectivity index (χ3n) is 3.89. The fourth-order valence-corrected chi connectivity index (χ4v) is 2.34. The SMILES string of the molecule is CN(CCN(C)C(=O)Oc1ccc(CC(C)(C)C)cc1)C(=O)OCC(C)(C)C.[2H]C#N.[CH3-].[Y].[Y].[Y]. The molecule has 7 nitrogen and oxygen atoms in total. The molecule has 0 N–H and O–H groups in total. The van der Waals surface area contributed by atoms with Crippen LogP contribution in [0, 0.1) is 30.1 Å². The molecule has 0 saturated heterocycles. The Bertz CT molecular complexity index is 746. The average Bonchev–Trinajstić information content (AvgIpc) is 2.64. The van der Waals surface area contributed by atoms with Crippen LogP contribution in [-0.4, -0.2) is 55.8 Å². The molecule has 0 aliphatic rings. The molecule has 34 heavy (non-hydrogen) atoms. The normalized spacial score (nSPS) is 9.91. The molecular formula is C24H40N3O4Y3-. The number of likely N-dealkylation sites (N-methyl/N-ethyl adjacent to an activating group) is 2. The molecule has 0 aliphatic carbocycles. The van der Waals surface area contributed by atoms with E-state index in [9.17, 15) is 9.59 Å². The molecule has 0 bridgehead atoms. The summed E-state index contributed by atoms with van der Waals surface area (Å²) in [5.74, 6) is 0.507. The summed E-state index contributed by atoms with van der Waals surface area (Å²) in [5, 5.41) is 6.99. The molecule has 0 heterocycles. The topological polar surface area (TPSA) is 82.9 Å². The van der Waals surface area contributed by atoms with Crippen molar-refractivity contribution >= 4 is 12.2 Å². The van der Waals surface area contributed by atoms with Crippen molar-refractivity contribution in [2.75, 3.05) is 33.8 Å². The zero-order valence-corrected chi connectivity index (χ0v) is 30.9. The number of amides is 2. The number of hydrogen-bond donors (Lipinski definition) is 0. The molecule has 1 rings (SSSR count). The van der Waals surface area contributed by atoms with E-state index in [0.29, 0.717) is 25.4 Å². The second-order valence-corrected chi connectivity index (χ2v) is 9.71. The Morgan fingerprint density at radius 1 is 0.912 bits per heavy atom. The van der Waals surface area contributed by atoms with Crippen molar-refractivity contribution in [3.63, 3.8) is 0 Å². The molecule has 0 saturated carbocycles. The first-order chi connectivity index (χ1) is 14.2. The van der Waals surface area contributed by atoms with Crippen LogP contribution in [0.5, 0.6) is 5.75 Å². The molecular weight excluding hydrogens is 661 g/mol. The number of benzene rings is 1. The first-order valence-electron chi connectivity index (χ1n) is 10.4. The zero-order chi connectivity index (χ0) is 24.2. The molecule has 0 aliphatic heterocycles. The van der Waals surface area contributed by atoms with Crippen molar-refractivity contribution in [2.24, 2.45) is 10.8 Å². The van der Waals surface area contributed by atoms with E-state index in [1.54, 1.807) is 14.1 Å². The van der Waals surface area contributed by atoms with E-state index in [1.807, 2.05) is 45.0 Å². The summed E-state index contributed by atoms with van der Waals surface area (Å²) in [6.45, 7) is 14.6. The van der Waals surface area contributed by atoms with Gasteiger partial charge >= 0.3 is 12.2 Å². The Hall–Kier alpha value is 0.562. The van der Waals surface area contributed by atoms with E-state index in [-0.39, 0.29) is 116 Å². The second kappa shape index (κ2) is 21.6. The van der Waals surface area contributed by atoms with Gasteiger partial charge in [-0.1, -0.05) is 53.7 Å². The Labute approximate surface area is 284 Å². The molecule has 1 aromatic rings. The molecule has 3 radical (unpaired) electrons. The number of carbonyl (C=O) groups excluding carboxylic acids is 2. The fraction of sp³-hybridized carbons (Fsp3) is 0.583. The number of nitrogens with zero attached hydrogens (tertiary/aromatic N) is 3. The van der Waals surface area contributed by atoms with Crippen molar-refractivity contribution in [2.45, 2.75) is 48.0 Å². The van der Waals surface area contributed by atoms with E-state index < -0.39 is 12.2 Å². The van der Waals surface area contributed by atoms with Crippen LogP contribution in [-0.2, 0) is 109 Å². The van der Waals surface area contributed by atoms with Gasteiger partial charge in [-0.15, -0.1) is 0 Å². The maximum Gasteiger partial charge on any atom is 0.415 e. The number of ether oxygens (including phenoxy) is 2. The standard InChI is InChI=1S/C22H36N2O4.CHN.CH3.3Y/c1-21(2,3)15-17-9-11-18(12-10-17)28-20(26)24(8)14-13-23(7)19(25)27-16-22(4,5)6;1-2;;;;/h9-12H,13-16H2,1-8H3;1H;1H3;;;/q;;-1;;;/i;1D;;;;. The summed E-state index contributed by atoms with van der Waals surface area (Å²) in [6.07, 6.45) is 0.102. The number of hydrogen-bond acceptors (Lipinski definition) is 5. The van der Waals surface area contributed by atoms with Crippen LogP contribution in [0.4, 0.5) is 9.59 Å². The van der Waals surface area contributed by atoms with Crippen LogP contribution in [0.25, 0.3) is 0 Å². The van der Waals surface area contributed by atoms with Gasteiger partial charge in [-0.3, -0.25) is 0 Å². The van der Waals surface area contributed by atoms with Crippen LogP contribution in [0.3, 0.4) is 0 Å². The van der Waals surface area contributed by atoms with Crippen molar-refractivity contribution in [3.05, 3.63) is 37.3 Å². The van der Waals surface area contributed by atoms with Gasteiger partial charge in [-0.05, 0) is 34.9 Å². The van der Waals surface area contributed by atoms with Crippen molar-refractivity contribution < 1.29 is 119 Å². The van der Waals surface area contributed by atoms with Crippen molar-refractivity contribution in [1.82, 2.24) is 9.80 Å². The van der Waals surface area contributed by atoms with Gasteiger partial charge in [0.15, 0.2) is 1.37 Å². The summed E-state index contributed by atoms with van der Waals surface area (Å²) in [6, 6.07) is 7.57. The fourth-order valence-electron chi connectivity index (χ4n) is 2.34. The first-order valence-corrected chi connectivity index (χ1v) is 9.89. The zero-order valence-electron chi connectivity index (χ0n) is 23.3. The van der Waals surface area contributed by atoms with Gasteiger partial charge in [0, 0.05) is 132 Å². The largest absolute Gasteiger partial charge is 0.449 e. The minimum absolute atomic E-state index is 0. The average molecular weight is 702 g/mol. The predicted molar refractivity (Wildman–Crippen MR) is 125 cm³/mol. The number of rotatable bonds is 6. The third kappa shape index (κ3) is 21.8. The van der Waals surface area contributed by atoms with E-state index in [4.69, 9.17) is 16.1 Å². The summed E-state index contributed by atoms with van der Waals surface area (Å²) in [4.78, 5) is 27.1. The second-order valence-electron chi connectivity index (χ2n) is 9.71. The predicted octanol–water partition coefficient (Wildman–Crippen LogP) is 5.40. The molecule has 1 aromatic carbocycles. The molecule has 0 fully saturated rings. The molecule has 185 valence electrons. The number of nitriles is 1. The molecule has 2 amide bonds. The summed E-state index contributed by atoms with van der Waals surface area (Å²) in [7, 11) is 3.29. The molecule has 0 atom stereocenters.